The molecule has 0 radical (unpaired) electrons. The molecule has 0 aromatic heterocycles. The molecule has 64 heavy (non-hydrogen) atoms. The predicted molar refractivity (Wildman–Crippen MR) is 281 cm³/mol. The van der Waals surface area contributed by atoms with Gasteiger partial charge in [0.1, 0.15) is 0 Å². The summed E-state index contributed by atoms with van der Waals surface area (Å²) >= 11 is 7.39. The van der Waals surface area contributed by atoms with Crippen LogP contribution in [0.5, 0.6) is 0 Å². The van der Waals surface area contributed by atoms with Gasteiger partial charge in [-0.05, 0) is 175 Å². The molecule has 0 aliphatic heterocycles. The molecular weight excluding hydrogens is 908 g/mol. The highest BCUT2D eigenvalue weighted by molar-refractivity contribution is 9.10. The summed E-state index contributed by atoms with van der Waals surface area (Å²) in [5.41, 5.74) is 20.1. The highest BCUT2D eigenvalue weighted by atomic mass is 79.9. The first-order valence-corrected chi connectivity index (χ1v) is 24.1. The van der Waals surface area contributed by atoms with Crippen molar-refractivity contribution < 1.29 is 0 Å². The number of fused-ring (bicyclic) bond motifs is 8. The molecule has 0 saturated carbocycles. The lowest BCUT2D eigenvalue weighted by atomic mass is 9.79. The van der Waals surface area contributed by atoms with Gasteiger partial charge < -0.3 is 9.80 Å². The maximum Gasteiger partial charge on any atom is 0.0543 e. The Bertz CT molecular complexity index is 3110. The summed E-state index contributed by atoms with van der Waals surface area (Å²) in [5.74, 6) is 0. The van der Waals surface area contributed by atoms with Gasteiger partial charge in [0.2, 0.25) is 0 Å². The SMILES string of the molecule is CC(C)(C)c1ccc(N(c2ccc(Br)cc2)c2ccc3c(c2)C(C)(C)c2cc4c(cc2-3)C(C)(C)c2cc(N(c3ccc(Br)cc3)c3ccc(C(C)(C)C)cc3)c3ccccc3c2-4)cc1. The lowest BCUT2D eigenvalue weighted by Gasteiger charge is -2.30. The van der Waals surface area contributed by atoms with E-state index in [1.54, 1.807) is 0 Å². The zero-order valence-corrected chi connectivity index (χ0v) is 41.8. The van der Waals surface area contributed by atoms with Gasteiger partial charge in [0.15, 0.2) is 0 Å². The van der Waals surface area contributed by atoms with E-state index in [2.05, 4.69) is 269 Å². The van der Waals surface area contributed by atoms with Crippen LogP contribution in [0.15, 0.2) is 167 Å². The van der Waals surface area contributed by atoms with Crippen LogP contribution in [0.3, 0.4) is 0 Å². The van der Waals surface area contributed by atoms with Crippen LogP contribution in [0, 0.1) is 0 Å². The Morgan fingerprint density at radius 2 is 0.781 bits per heavy atom. The van der Waals surface area contributed by atoms with Gasteiger partial charge in [0.25, 0.3) is 0 Å². The first-order chi connectivity index (χ1) is 30.3. The number of halogens is 2. The summed E-state index contributed by atoms with van der Waals surface area (Å²) < 4.78 is 2.13. The number of hydrogen-bond acceptors (Lipinski definition) is 2. The molecule has 8 aromatic rings. The van der Waals surface area contributed by atoms with Crippen molar-refractivity contribution >= 4 is 76.8 Å². The van der Waals surface area contributed by atoms with Crippen molar-refractivity contribution in [1.29, 1.82) is 0 Å². The molecule has 2 nitrogen and oxygen atoms in total. The van der Waals surface area contributed by atoms with Crippen LogP contribution in [0.4, 0.5) is 34.1 Å². The average Bonchev–Trinajstić information content (AvgIpc) is 3.62. The van der Waals surface area contributed by atoms with E-state index in [9.17, 15) is 0 Å². The minimum absolute atomic E-state index is 0.0634. The Morgan fingerprint density at radius 3 is 1.30 bits per heavy atom. The second-order valence-corrected chi connectivity index (χ2v) is 22.8. The zero-order valence-electron chi connectivity index (χ0n) is 38.7. The Balaban J connectivity index is 1.11. The number of hydrogen-bond donors (Lipinski definition) is 0. The van der Waals surface area contributed by atoms with E-state index in [1.807, 2.05) is 0 Å². The van der Waals surface area contributed by atoms with Crippen molar-refractivity contribution in [2.45, 2.75) is 90.9 Å². The van der Waals surface area contributed by atoms with Crippen LogP contribution in [0.1, 0.15) is 103 Å². The molecule has 0 amide bonds. The molecule has 0 saturated heterocycles. The third kappa shape index (κ3) is 6.95. The normalized spacial score (nSPS) is 14.5. The molecule has 8 aromatic carbocycles. The molecule has 2 aliphatic rings. The van der Waals surface area contributed by atoms with Crippen molar-refractivity contribution in [1.82, 2.24) is 0 Å². The van der Waals surface area contributed by atoms with Crippen molar-refractivity contribution in [2.24, 2.45) is 0 Å². The number of nitrogens with zero attached hydrogens (tertiary/aromatic N) is 2. The molecule has 0 bridgehead atoms. The van der Waals surface area contributed by atoms with Crippen LogP contribution < -0.4 is 9.80 Å². The fourth-order valence-electron chi connectivity index (χ4n) is 10.4. The van der Waals surface area contributed by atoms with Crippen LogP contribution in [0.2, 0.25) is 0 Å². The largest absolute Gasteiger partial charge is 0.310 e. The summed E-state index contributed by atoms with van der Waals surface area (Å²) in [7, 11) is 0. The van der Waals surface area contributed by atoms with E-state index < -0.39 is 0 Å². The molecule has 0 atom stereocenters. The Hall–Kier alpha value is -5.42. The van der Waals surface area contributed by atoms with Gasteiger partial charge >= 0.3 is 0 Å². The molecule has 0 spiro atoms. The van der Waals surface area contributed by atoms with Gasteiger partial charge in [-0.1, -0.05) is 156 Å². The summed E-state index contributed by atoms with van der Waals surface area (Å²) in [6.07, 6.45) is 0. The Kier molecular flexibility index (Phi) is 10.0. The second-order valence-electron chi connectivity index (χ2n) is 21.0. The lowest BCUT2D eigenvalue weighted by molar-refractivity contribution is 0.590. The van der Waals surface area contributed by atoms with Gasteiger partial charge in [-0.25, -0.2) is 0 Å². The Morgan fingerprint density at radius 1 is 0.375 bits per heavy atom. The second kappa shape index (κ2) is 15.1. The molecule has 320 valence electrons. The quantitative estimate of drug-likeness (QED) is 0.164. The molecular formula is C60H56Br2N2. The summed E-state index contributed by atoms with van der Waals surface area (Å²) in [6, 6.07) is 59.5. The molecule has 0 heterocycles. The van der Waals surface area contributed by atoms with E-state index in [0.29, 0.717) is 0 Å². The fourth-order valence-corrected chi connectivity index (χ4v) is 10.9. The Labute approximate surface area is 397 Å². The molecule has 0 unspecified atom stereocenters. The molecule has 0 fully saturated rings. The standard InChI is InChI=1S/C60H56Br2N2/c1-57(2,3)37-15-23-41(24-16-37)63(42-27-19-39(61)20-28-42)45-31-32-46-49-34-53-50(35-52(49)59(7,8)51(46)33-45)56-48-14-12-11-13-47(48)55(36-54(56)60(53,9)10)64(44-29-21-40(62)22-30-44)43-25-17-38(18-26-43)58(4,5)6/h11-36H,1-10H3. The van der Waals surface area contributed by atoms with Crippen molar-refractivity contribution in [3.63, 3.8) is 0 Å². The van der Waals surface area contributed by atoms with Crippen LogP contribution in [0.25, 0.3) is 33.0 Å². The first-order valence-electron chi connectivity index (χ1n) is 22.6. The summed E-state index contributed by atoms with van der Waals surface area (Å²) in [6.45, 7) is 23.3. The van der Waals surface area contributed by atoms with E-state index in [1.165, 1.54) is 72.1 Å². The number of rotatable bonds is 6. The van der Waals surface area contributed by atoms with Gasteiger partial charge in [-0.3, -0.25) is 0 Å². The minimum atomic E-state index is -0.246. The zero-order chi connectivity index (χ0) is 45.1. The van der Waals surface area contributed by atoms with E-state index in [4.69, 9.17) is 0 Å². The topological polar surface area (TPSA) is 6.48 Å². The predicted octanol–water partition coefficient (Wildman–Crippen LogP) is 18.5. The molecule has 2 aliphatic carbocycles. The summed E-state index contributed by atoms with van der Waals surface area (Å²) in [5, 5.41) is 2.53. The first kappa shape index (κ1) is 42.5. The van der Waals surface area contributed by atoms with Gasteiger partial charge in [-0.2, -0.15) is 0 Å². The maximum atomic E-state index is 3.71. The summed E-state index contributed by atoms with van der Waals surface area (Å²) in [4.78, 5) is 4.85. The fraction of sp³-hybridized carbons (Fsp3) is 0.233. The third-order valence-electron chi connectivity index (χ3n) is 14.1. The number of benzene rings is 8. The maximum absolute atomic E-state index is 3.71. The van der Waals surface area contributed by atoms with Gasteiger partial charge in [0, 0.05) is 53.6 Å². The smallest absolute Gasteiger partial charge is 0.0543 e. The van der Waals surface area contributed by atoms with E-state index >= 15 is 0 Å². The van der Waals surface area contributed by atoms with Crippen molar-refractivity contribution in [3.05, 3.63) is 200 Å². The molecule has 10 rings (SSSR count). The highest BCUT2D eigenvalue weighted by Crippen LogP contribution is 2.59. The van der Waals surface area contributed by atoms with E-state index in [0.717, 1.165) is 37.4 Å². The van der Waals surface area contributed by atoms with Crippen molar-refractivity contribution in [3.8, 4) is 22.3 Å². The molecule has 4 heteroatoms. The van der Waals surface area contributed by atoms with Crippen LogP contribution in [-0.4, -0.2) is 0 Å². The minimum Gasteiger partial charge on any atom is -0.310 e. The van der Waals surface area contributed by atoms with Crippen LogP contribution in [-0.2, 0) is 21.7 Å². The molecule has 0 N–H and O–H groups in total. The van der Waals surface area contributed by atoms with Crippen molar-refractivity contribution in [2.75, 3.05) is 9.80 Å². The third-order valence-corrected chi connectivity index (χ3v) is 15.1. The lowest BCUT2D eigenvalue weighted by Crippen LogP contribution is -2.18. The number of anilines is 6. The average molecular weight is 965 g/mol. The van der Waals surface area contributed by atoms with E-state index in [-0.39, 0.29) is 21.7 Å². The highest BCUT2D eigenvalue weighted by Gasteiger charge is 2.43. The van der Waals surface area contributed by atoms with Gasteiger partial charge in [0.05, 0.1) is 5.69 Å². The van der Waals surface area contributed by atoms with Crippen LogP contribution >= 0.6 is 31.9 Å². The van der Waals surface area contributed by atoms with Gasteiger partial charge in [-0.15, -0.1) is 0 Å². The monoisotopic (exact) mass is 962 g/mol.